The Hall–Kier alpha value is -1.95. The van der Waals surface area contributed by atoms with E-state index in [1.54, 1.807) is 6.20 Å². The molecule has 6 heteroatoms. The Kier molecular flexibility index (Phi) is 2.57. The second-order valence-electron chi connectivity index (χ2n) is 3.18. The second kappa shape index (κ2) is 3.90. The summed E-state index contributed by atoms with van der Waals surface area (Å²) in [4.78, 5) is 27.3. The van der Waals surface area contributed by atoms with Crippen molar-refractivity contribution >= 4 is 17.3 Å². The van der Waals surface area contributed by atoms with Crippen LogP contribution in [0.25, 0.3) is 5.13 Å². The summed E-state index contributed by atoms with van der Waals surface area (Å²) in [6.07, 6.45) is 2.92. The average molecular weight is 236 g/mol. The van der Waals surface area contributed by atoms with Crippen LogP contribution in [0.4, 0.5) is 0 Å². The van der Waals surface area contributed by atoms with E-state index >= 15 is 0 Å². The summed E-state index contributed by atoms with van der Waals surface area (Å²) in [7, 11) is 0. The van der Waals surface area contributed by atoms with Gasteiger partial charge in [-0.15, -0.1) is 11.3 Å². The van der Waals surface area contributed by atoms with Gasteiger partial charge in [0.2, 0.25) is 0 Å². The molecule has 2 aromatic rings. The van der Waals surface area contributed by atoms with E-state index in [9.17, 15) is 9.59 Å². The van der Waals surface area contributed by atoms with Crippen LogP contribution in [0.3, 0.4) is 0 Å². The van der Waals surface area contributed by atoms with E-state index < -0.39 is 5.97 Å². The van der Waals surface area contributed by atoms with Crippen molar-refractivity contribution in [3.8, 4) is 5.13 Å². The molecule has 0 aromatic carbocycles. The lowest BCUT2D eigenvalue weighted by molar-refractivity contribution is 0.0696. The molecule has 0 aliphatic carbocycles. The Morgan fingerprint density at radius 1 is 1.50 bits per heavy atom. The first-order valence-electron chi connectivity index (χ1n) is 4.47. The van der Waals surface area contributed by atoms with Gasteiger partial charge in [-0.25, -0.2) is 9.78 Å². The van der Waals surface area contributed by atoms with Crippen molar-refractivity contribution < 1.29 is 9.90 Å². The number of aromatic nitrogens is 2. The lowest BCUT2D eigenvalue weighted by Gasteiger charge is -2.01. The topological polar surface area (TPSA) is 72.2 Å². The molecule has 16 heavy (non-hydrogen) atoms. The molecule has 0 unspecified atom stereocenters. The predicted molar refractivity (Wildman–Crippen MR) is 59.4 cm³/mol. The van der Waals surface area contributed by atoms with Crippen molar-refractivity contribution in [1.82, 2.24) is 9.55 Å². The Labute approximate surface area is 94.6 Å². The standard InChI is InChI=1S/C10H8N2O3S/c1-6-4-11-10(16-6)12-5-7(9(14)15)2-3-8(12)13/h2-5H,1H3,(H,14,15). The molecule has 0 aliphatic rings. The zero-order valence-corrected chi connectivity index (χ0v) is 9.19. The molecule has 0 spiro atoms. The maximum absolute atomic E-state index is 11.5. The first-order chi connectivity index (χ1) is 7.58. The Morgan fingerprint density at radius 3 is 2.81 bits per heavy atom. The van der Waals surface area contributed by atoms with E-state index in [2.05, 4.69) is 4.98 Å². The highest BCUT2D eigenvalue weighted by Gasteiger charge is 2.08. The largest absolute Gasteiger partial charge is 0.478 e. The molecule has 1 N–H and O–H groups in total. The smallest absolute Gasteiger partial charge is 0.337 e. The Balaban J connectivity index is 2.60. The normalized spacial score (nSPS) is 10.3. The fraction of sp³-hybridized carbons (Fsp3) is 0.100. The van der Waals surface area contributed by atoms with Crippen molar-refractivity contribution in [2.24, 2.45) is 0 Å². The van der Waals surface area contributed by atoms with Crippen LogP contribution in [-0.2, 0) is 0 Å². The SMILES string of the molecule is Cc1cnc(-n2cc(C(=O)O)ccc2=O)s1. The summed E-state index contributed by atoms with van der Waals surface area (Å²) >= 11 is 1.33. The number of carboxylic acids is 1. The lowest BCUT2D eigenvalue weighted by atomic mass is 10.3. The van der Waals surface area contributed by atoms with Gasteiger partial charge in [-0.3, -0.25) is 9.36 Å². The minimum Gasteiger partial charge on any atom is -0.478 e. The zero-order chi connectivity index (χ0) is 11.7. The van der Waals surface area contributed by atoms with Gasteiger partial charge in [-0.1, -0.05) is 0 Å². The van der Waals surface area contributed by atoms with Gasteiger partial charge < -0.3 is 5.11 Å². The quantitative estimate of drug-likeness (QED) is 0.853. The maximum atomic E-state index is 11.5. The van der Waals surface area contributed by atoms with E-state index in [-0.39, 0.29) is 11.1 Å². The van der Waals surface area contributed by atoms with E-state index in [0.29, 0.717) is 5.13 Å². The van der Waals surface area contributed by atoms with Crippen LogP contribution in [0.2, 0.25) is 0 Å². The molecule has 0 saturated carbocycles. The molecule has 2 heterocycles. The van der Waals surface area contributed by atoms with Gasteiger partial charge in [0.05, 0.1) is 5.56 Å². The second-order valence-corrected chi connectivity index (χ2v) is 4.40. The average Bonchev–Trinajstić information content (AvgIpc) is 2.65. The van der Waals surface area contributed by atoms with Crippen molar-refractivity contribution in [2.75, 3.05) is 0 Å². The molecule has 0 atom stereocenters. The van der Waals surface area contributed by atoms with E-state index in [0.717, 1.165) is 4.88 Å². The van der Waals surface area contributed by atoms with Crippen LogP contribution in [0.15, 0.2) is 29.3 Å². The number of rotatable bonds is 2. The van der Waals surface area contributed by atoms with Crippen molar-refractivity contribution in [1.29, 1.82) is 0 Å². The van der Waals surface area contributed by atoms with Gasteiger partial charge in [0.1, 0.15) is 0 Å². The molecular weight excluding hydrogens is 228 g/mol. The molecule has 82 valence electrons. The molecule has 2 rings (SSSR count). The number of thiazole rings is 1. The van der Waals surface area contributed by atoms with Crippen molar-refractivity contribution in [3.63, 3.8) is 0 Å². The van der Waals surface area contributed by atoms with Gasteiger partial charge in [0, 0.05) is 23.3 Å². The third kappa shape index (κ3) is 1.87. The van der Waals surface area contributed by atoms with Crippen LogP contribution in [0.1, 0.15) is 15.2 Å². The molecule has 5 nitrogen and oxygen atoms in total. The fourth-order valence-electron chi connectivity index (χ4n) is 1.22. The lowest BCUT2D eigenvalue weighted by Crippen LogP contribution is -2.18. The minimum absolute atomic E-state index is 0.0625. The number of aromatic carboxylic acids is 1. The van der Waals surface area contributed by atoms with Crippen LogP contribution < -0.4 is 5.56 Å². The predicted octanol–water partition coefficient (Wildman–Crippen LogP) is 1.30. The third-order valence-corrected chi connectivity index (χ3v) is 2.89. The molecule has 0 amide bonds. The van der Waals surface area contributed by atoms with E-state index in [1.165, 1.54) is 34.2 Å². The molecule has 2 aromatic heterocycles. The summed E-state index contributed by atoms with van der Waals surface area (Å²) < 4.78 is 1.24. The van der Waals surface area contributed by atoms with Crippen molar-refractivity contribution in [3.05, 3.63) is 45.3 Å². The van der Waals surface area contributed by atoms with Gasteiger partial charge >= 0.3 is 5.97 Å². The Bertz CT molecular complexity index is 600. The van der Waals surface area contributed by atoms with Gasteiger partial charge in [-0.05, 0) is 13.0 Å². The molecular formula is C10H8N2O3S. The van der Waals surface area contributed by atoms with Crippen LogP contribution in [0.5, 0.6) is 0 Å². The van der Waals surface area contributed by atoms with E-state index in [1.807, 2.05) is 6.92 Å². The number of pyridine rings is 1. The first kappa shape index (κ1) is 10.6. The number of nitrogens with zero attached hydrogens (tertiary/aromatic N) is 2. The highest BCUT2D eigenvalue weighted by atomic mass is 32.1. The first-order valence-corrected chi connectivity index (χ1v) is 5.28. The number of aryl methyl sites for hydroxylation is 1. The third-order valence-electron chi connectivity index (χ3n) is 1.97. The van der Waals surface area contributed by atoms with Crippen LogP contribution >= 0.6 is 11.3 Å². The minimum atomic E-state index is -1.07. The number of carbonyl (C=O) groups is 1. The molecule has 0 bridgehead atoms. The molecule has 0 aliphatic heterocycles. The highest BCUT2D eigenvalue weighted by molar-refractivity contribution is 7.13. The van der Waals surface area contributed by atoms with Gasteiger partial charge in [0.15, 0.2) is 5.13 Å². The molecule has 0 fully saturated rings. The van der Waals surface area contributed by atoms with Crippen LogP contribution in [0, 0.1) is 6.92 Å². The number of hydrogen-bond acceptors (Lipinski definition) is 4. The monoisotopic (exact) mass is 236 g/mol. The fourth-order valence-corrected chi connectivity index (χ4v) is 1.96. The van der Waals surface area contributed by atoms with E-state index in [4.69, 9.17) is 5.11 Å². The highest BCUT2D eigenvalue weighted by Crippen LogP contribution is 2.14. The summed E-state index contributed by atoms with van der Waals surface area (Å²) in [6.45, 7) is 1.87. The summed E-state index contributed by atoms with van der Waals surface area (Å²) in [6, 6.07) is 2.50. The summed E-state index contributed by atoms with van der Waals surface area (Å²) in [5.41, 5.74) is -0.230. The summed E-state index contributed by atoms with van der Waals surface area (Å²) in [5.74, 6) is -1.07. The molecule has 0 saturated heterocycles. The van der Waals surface area contributed by atoms with Crippen LogP contribution in [-0.4, -0.2) is 20.6 Å². The number of carboxylic acid groups (broad SMARTS) is 1. The van der Waals surface area contributed by atoms with Gasteiger partial charge in [-0.2, -0.15) is 0 Å². The number of hydrogen-bond donors (Lipinski definition) is 1. The van der Waals surface area contributed by atoms with Crippen molar-refractivity contribution in [2.45, 2.75) is 6.92 Å². The maximum Gasteiger partial charge on any atom is 0.337 e. The Morgan fingerprint density at radius 2 is 2.25 bits per heavy atom. The van der Waals surface area contributed by atoms with Gasteiger partial charge in [0.25, 0.3) is 5.56 Å². The molecule has 0 radical (unpaired) electrons. The summed E-state index contributed by atoms with van der Waals surface area (Å²) in [5, 5.41) is 9.30. The zero-order valence-electron chi connectivity index (χ0n) is 8.38.